The minimum Gasteiger partial charge on any atom is -0.368 e. The van der Waals surface area contributed by atoms with Crippen molar-refractivity contribution in [2.24, 2.45) is 0 Å². The maximum Gasteiger partial charge on any atom is 0.255 e. The summed E-state index contributed by atoms with van der Waals surface area (Å²) in [6.45, 7) is 0.639. The molecule has 120 valence electrons. The molecule has 0 aromatic rings. The first-order chi connectivity index (χ1) is 11.1. The number of carbonyl (C=O) groups excluding carboxylic acids is 4. The number of hydrogen-bond acceptors (Lipinski definition) is 7. The van der Waals surface area contributed by atoms with Gasteiger partial charge in [0, 0.05) is 24.3 Å². The Balaban J connectivity index is 1.57. The predicted molar refractivity (Wildman–Crippen MR) is 70.1 cm³/mol. The van der Waals surface area contributed by atoms with E-state index >= 15 is 0 Å². The Bertz CT molecular complexity index is 570. The highest BCUT2D eigenvalue weighted by Crippen LogP contribution is 2.30. The Labute approximate surface area is 130 Å². The summed E-state index contributed by atoms with van der Waals surface area (Å²) in [6.07, 6.45) is 1.55. The molecule has 9 nitrogen and oxygen atoms in total. The summed E-state index contributed by atoms with van der Waals surface area (Å²) in [7, 11) is 0. The highest BCUT2D eigenvalue weighted by atomic mass is 16.6. The molecule has 4 amide bonds. The van der Waals surface area contributed by atoms with E-state index in [0.29, 0.717) is 13.2 Å². The van der Waals surface area contributed by atoms with Crippen molar-refractivity contribution in [2.75, 3.05) is 13.2 Å². The first-order valence-electron chi connectivity index (χ1n) is 7.05. The molecule has 2 fully saturated rings. The van der Waals surface area contributed by atoms with E-state index in [0.717, 1.165) is 34.1 Å². The Morgan fingerprint density at radius 2 is 1.09 bits per heavy atom. The second-order valence-electron chi connectivity index (χ2n) is 5.42. The molecule has 4 aliphatic heterocycles. The van der Waals surface area contributed by atoms with Crippen LogP contribution in [0.15, 0.2) is 24.3 Å². The van der Waals surface area contributed by atoms with Crippen molar-refractivity contribution >= 4 is 23.6 Å². The van der Waals surface area contributed by atoms with Gasteiger partial charge < -0.3 is 14.2 Å². The van der Waals surface area contributed by atoms with Crippen molar-refractivity contribution in [3.63, 3.8) is 0 Å². The lowest BCUT2D eigenvalue weighted by molar-refractivity contribution is -0.184. The maximum absolute atomic E-state index is 11.9. The zero-order valence-corrected chi connectivity index (χ0v) is 11.8. The highest BCUT2D eigenvalue weighted by Gasteiger charge is 2.50. The van der Waals surface area contributed by atoms with Crippen LogP contribution in [0.5, 0.6) is 0 Å². The molecule has 0 radical (unpaired) electrons. The third-order valence-corrected chi connectivity index (χ3v) is 3.83. The van der Waals surface area contributed by atoms with Crippen LogP contribution >= 0.6 is 0 Å². The molecule has 9 heteroatoms. The molecule has 4 aliphatic rings. The largest absolute Gasteiger partial charge is 0.368 e. The SMILES string of the molecule is O=C1C=CC(=O)N1C(OC(C1CO1)N1C(=O)C=CC1=O)C1CO1. The zero-order valence-electron chi connectivity index (χ0n) is 11.8. The molecule has 0 N–H and O–H groups in total. The summed E-state index contributed by atoms with van der Waals surface area (Å²) >= 11 is 0. The average molecular weight is 320 g/mol. The quantitative estimate of drug-likeness (QED) is 0.424. The summed E-state index contributed by atoms with van der Waals surface area (Å²) in [4.78, 5) is 49.3. The first-order valence-corrected chi connectivity index (χ1v) is 7.05. The van der Waals surface area contributed by atoms with Gasteiger partial charge in [0.1, 0.15) is 12.2 Å². The van der Waals surface area contributed by atoms with Gasteiger partial charge in [-0.15, -0.1) is 0 Å². The van der Waals surface area contributed by atoms with E-state index in [9.17, 15) is 19.2 Å². The van der Waals surface area contributed by atoms with Gasteiger partial charge in [-0.3, -0.25) is 19.2 Å². The molecule has 4 rings (SSSR count). The van der Waals surface area contributed by atoms with E-state index in [1.54, 1.807) is 0 Å². The number of epoxide rings is 2. The van der Waals surface area contributed by atoms with Gasteiger partial charge in [-0.1, -0.05) is 0 Å². The monoisotopic (exact) mass is 320 g/mol. The van der Waals surface area contributed by atoms with Crippen molar-refractivity contribution in [1.29, 1.82) is 0 Å². The second kappa shape index (κ2) is 5.08. The van der Waals surface area contributed by atoms with E-state index in [4.69, 9.17) is 14.2 Å². The van der Waals surface area contributed by atoms with Crippen LogP contribution in [0.3, 0.4) is 0 Å². The van der Waals surface area contributed by atoms with Crippen LogP contribution in [0.4, 0.5) is 0 Å². The Hall–Kier alpha value is -2.36. The number of carbonyl (C=O) groups is 4. The molecule has 23 heavy (non-hydrogen) atoms. The number of hydrogen-bond donors (Lipinski definition) is 0. The number of ether oxygens (including phenoxy) is 3. The second-order valence-corrected chi connectivity index (χ2v) is 5.42. The molecular weight excluding hydrogens is 308 g/mol. The third kappa shape index (κ3) is 2.48. The molecule has 0 bridgehead atoms. The van der Waals surface area contributed by atoms with Crippen molar-refractivity contribution in [3.05, 3.63) is 24.3 Å². The fourth-order valence-corrected chi connectivity index (χ4v) is 2.54. The van der Waals surface area contributed by atoms with Crippen molar-refractivity contribution < 1.29 is 33.4 Å². The lowest BCUT2D eigenvalue weighted by Gasteiger charge is -2.32. The molecule has 0 aromatic carbocycles. The number of imide groups is 2. The predicted octanol–water partition coefficient (Wildman–Crippen LogP) is -1.70. The van der Waals surface area contributed by atoms with Crippen LogP contribution < -0.4 is 0 Å². The van der Waals surface area contributed by atoms with Gasteiger partial charge in [-0.05, 0) is 0 Å². The van der Waals surface area contributed by atoms with Crippen molar-refractivity contribution in [2.45, 2.75) is 24.7 Å². The molecule has 0 aliphatic carbocycles. The van der Waals surface area contributed by atoms with Gasteiger partial charge in [-0.25, -0.2) is 9.80 Å². The molecule has 2 saturated heterocycles. The molecule has 4 heterocycles. The van der Waals surface area contributed by atoms with Crippen molar-refractivity contribution in [3.8, 4) is 0 Å². The standard InChI is InChI=1S/C14H12N2O7/c17-9-1-2-10(18)15(9)13(7-5-21-7)23-14(8-6-22-8)16-11(19)3-4-12(16)20/h1-4,7-8,13-14H,5-6H2. The normalized spacial score (nSPS) is 31.3. The summed E-state index contributed by atoms with van der Waals surface area (Å²) < 4.78 is 16.1. The van der Waals surface area contributed by atoms with Gasteiger partial charge in [0.15, 0.2) is 12.5 Å². The Morgan fingerprint density at radius 3 is 1.35 bits per heavy atom. The van der Waals surface area contributed by atoms with Crippen LogP contribution in [0.2, 0.25) is 0 Å². The molecular formula is C14H12N2O7. The van der Waals surface area contributed by atoms with E-state index in [1.807, 2.05) is 0 Å². The van der Waals surface area contributed by atoms with Crippen LogP contribution in [0, 0.1) is 0 Å². The lowest BCUT2D eigenvalue weighted by atomic mass is 10.3. The first kappa shape index (κ1) is 14.2. The summed E-state index contributed by atoms with van der Waals surface area (Å²) in [6, 6.07) is 0. The summed E-state index contributed by atoms with van der Waals surface area (Å²) in [5.74, 6) is -2.10. The fourth-order valence-electron chi connectivity index (χ4n) is 2.54. The van der Waals surface area contributed by atoms with Gasteiger partial charge in [0.05, 0.1) is 13.2 Å². The minimum atomic E-state index is -1.01. The zero-order chi connectivity index (χ0) is 16.1. The molecule has 0 saturated carbocycles. The van der Waals surface area contributed by atoms with E-state index in [-0.39, 0.29) is 0 Å². The van der Waals surface area contributed by atoms with Crippen LogP contribution in [-0.2, 0) is 33.4 Å². The lowest BCUT2D eigenvalue weighted by Crippen LogP contribution is -2.53. The topological polar surface area (TPSA) is 109 Å². The molecule has 0 aromatic heterocycles. The van der Waals surface area contributed by atoms with E-state index in [1.165, 1.54) is 0 Å². The average Bonchev–Trinajstić information content (AvgIpc) is 3.42. The number of amides is 4. The number of nitrogens with zero attached hydrogens (tertiary/aromatic N) is 2. The van der Waals surface area contributed by atoms with Gasteiger partial charge in [0.2, 0.25) is 0 Å². The van der Waals surface area contributed by atoms with Crippen molar-refractivity contribution in [1.82, 2.24) is 9.80 Å². The summed E-state index contributed by atoms with van der Waals surface area (Å²) in [5.41, 5.74) is 0. The van der Waals surface area contributed by atoms with Gasteiger partial charge in [0.25, 0.3) is 23.6 Å². The van der Waals surface area contributed by atoms with Crippen LogP contribution in [-0.4, -0.2) is 71.3 Å². The smallest absolute Gasteiger partial charge is 0.255 e. The summed E-state index contributed by atoms with van der Waals surface area (Å²) in [5, 5.41) is 0. The Morgan fingerprint density at radius 1 is 0.783 bits per heavy atom. The van der Waals surface area contributed by atoms with E-state index in [2.05, 4.69) is 0 Å². The van der Waals surface area contributed by atoms with Crippen LogP contribution in [0.25, 0.3) is 0 Å². The minimum absolute atomic E-state index is 0.320. The third-order valence-electron chi connectivity index (χ3n) is 3.83. The number of rotatable bonds is 6. The van der Waals surface area contributed by atoms with Gasteiger partial charge >= 0.3 is 0 Å². The molecule has 4 unspecified atom stereocenters. The maximum atomic E-state index is 11.9. The Kier molecular flexibility index (Phi) is 3.15. The fraction of sp³-hybridized carbons (Fsp3) is 0.429. The molecule has 0 spiro atoms. The van der Waals surface area contributed by atoms with E-state index < -0.39 is 48.3 Å². The van der Waals surface area contributed by atoms with Gasteiger partial charge in [-0.2, -0.15) is 0 Å². The van der Waals surface area contributed by atoms with Crippen LogP contribution in [0.1, 0.15) is 0 Å². The molecule has 4 atom stereocenters. The highest BCUT2D eigenvalue weighted by molar-refractivity contribution is 6.13.